The summed E-state index contributed by atoms with van der Waals surface area (Å²) in [5.74, 6) is -7.78. The van der Waals surface area contributed by atoms with E-state index in [-0.39, 0.29) is 116 Å². The molecule has 5 fully saturated rings. The van der Waals surface area contributed by atoms with Crippen molar-refractivity contribution in [1.82, 2.24) is 40.0 Å². The summed E-state index contributed by atoms with van der Waals surface area (Å²) < 4.78 is 98.4. The number of ether oxygens (including phenoxy) is 2. The molecule has 6 amide bonds. The lowest BCUT2D eigenvalue weighted by molar-refractivity contribution is -0.344. The number of hydrogen-bond donors (Lipinski definition) is 3. The first-order chi connectivity index (χ1) is 59.6. The van der Waals surface area contributed by atoms with E-state index >= 15 is 0 Å². The van der Waals surface area contributed by atoms with Crippen LogP contribution in [0.4, 0.5) is 40.3 Å². The standard InChI is InChI=1S/C34H44ClF2N3O2.C25H37ClN2O3.C24H35ClN2O3.C15H19F2NO2.C2HF3O2.ClH/c1-20-14-24-27(16-29(20)35)34(17-28(24)33(6,7)38-21(2)41)10-12-39(13-11-34)31(42)26-19-40(32(3,4)5)18-25(26)23-9-8-22(36)15-30(23)37;1-16-13-18-19(14-21(16)26)25(15-20(18)24(6,7)27(8)17(2)29)9-11-28(12-10-25)22(30)31-23(3,4)5;1-15-12-17-18(13-20(15)25)24(14-19(17)23(6,7)26-16(2)28)8-10-27(11-9-24)21(29)30-22(3,4)5;1-15(2,3)18-7-11(12(8-18)14(19)20)10-5-4-9(16)6-13(10)17;3-2(4,5)1(6)7;/h8-9,14-16,25-26,28H,10-13,17-19H2,1-7H3,(H,38,41);13-14,20H,9-12,15H2,1-8H3;12-13,19H,8-11,14H2,1-7H3,(H,26,28);4-6,11-12H,7-8H2,1-3H3,(H,19,20);(H,6,7);1H/p-1/t25-,26?,28+;20-;19-;11-,12?;;/m0110../s1. The SMILES string of the molecule is CC(=O)N(C)C(C)(C)[C@@H]1CC2(CCN(C(=O)OC(C)(C)C)CC2)c2cc(Cl)c(C)cc21.CC(=O)NC(C)(C)[C@@H]1CC2(CCN(C(=O)C3CN(C(C)(C)C)C[C@H]3c3ccc(F)cc3F)CC2)c2cc(Cl)c(C)cc21.CC(=O)NC(C)(C)[C@@H]1CC2(CCN(C(=O)OC(C)(C)C)CC2)c2cc(Cl)c(C)cc21.CC(C)(C)N1CC(C(=O)O)[C@H](c2ccc(F)cc2F)C1.Cl.O=C([O-])C(F)(F)F. The van der Waals surface area contributed by atoms with E-state index < -0.39 is 75.9 Å². The van der Waals surface area contributed by atoms with Crippen LogP contribution in [0.3, 0.4) is 0 Å². The highest BCUT2D eigenvalue weighted by Gasteiger charge is 2.56. The minimum Gasteiger partial charge on any atom is -0.542 e. The van der Waals surface area contributed by atoms with Gasteiger partial charge in [-0.3, -0.25) is 33.8 Å². The maximum atomic E-state index is 15.0. The smallest absolute Gasteiger partial charge is 0.430 e. The van der Waals surface area contributed by atoms with Crippen LogP contribution >= 0.6 is 47.2 Å². The minimum absolute atomic E-state index is 0. The third kappa shape index (κ3) is 25.0. The number of hydrogen-bond acceptors (Lipinski definition) is 13. The van der Waals surface area contributed by atoms with Crippen molar-refractivity contribution in [2.24, 2.45) is 11.8 Å². The van der Waals surface area contributed by atoms with Crippen molar-refractivity contribution in [2.75, 3.05) is 72.5 Å². The number of amides is 6. The van der Waals surface area contributed by atoms with E-state index in [0.717, 1.165) is 102 Å². The molecule has 7 atom stereocenters. The average molecular weight is 1920 g/mol. The summed E-state index contributed by atoms with van der Waals surface area (Å²) in [6, 6.07) is 20.0. The molecule has 0 bridgehead atoms. The lowest BCUT2D eigenvalue weighted by Gasteiger charge is -2.43. The molecular formula is C100H136Cl4F7N8O12-. The highest BCUT2D eigenvalue weighted by molar-refractivity contribution is 6.32. The second-order valence-electron chi connectivity index (χ2n) is 43.0. The van der Waals surface area contributed by atoms with Gasteiger partial charge in [0.1, 0.15) is 40.4 Å². The summed E-state index contributed by atoms with van der Waals surface area (Å²) in [5.41, 5.74) is 8.75. The number of carbonyl (C=O) groups is 8. The minimum atomic E-state index is -5.19. The number of rotatable bonds is 10. The van der Waals surface area contributed by atoms with Gasteiger partial charge in [-0.2, -0.15) is 13.2 Å². The number of likely N-dealkylation sites (N-methyl/N-ethyl adjacent to an activating group) is 1. The second-order valence-corrected chi connectivity index (χ2v) is 44.2. The predicted octanol–water partition coefficient (Wildman–Crippen LogP) is 20.3. The van der Waals surface area contributed by atoms with Gasteiger partial charge in [-0.05, 0) is 311 Å². The molecule has 8 aliphatic rings. The van der Waals surface area contributed by atoms with Crippen molar-refractivity contribution in [3.63, 3.8) is 0 Å². The van der Waals surface area contributed by atoms with Crippen molar-refractivity contribution in [2.45, 2.75) is 315 Å². The van der Waals surface area contributed by atoms with Gasteiger partial charge in [-0.15, -0.1) is 12.4 Å². The van der Waals surface area contributed by atoms with Crippen molar-refractivity contribution in [3.05, 3.63) is 172 Å². The van der Waals surface area contributed by atoms with Gasteiger partial charge in [-0.25, -0.2) is 27.2 Å². The molecular weight excluding hydrogens is 1780 g/mol. The molecule has 0 saturated carbocycles. The Bertz CT molecular complexity index is 5050. The van der Waals surface area contributed by atoms with Crippen LogP contribution in [0.25, 0.3) is 0 Å². The predicted molar refractivity (Wildman–Crippen MR) is 498 cm³/mol. The number of fused-ring (bicyclic) bond motifs is 6. The van der Waals surface area contributed by atoms with Gasteiger partial charge in [0.2, 0.25) is 23.6 Å². The molecule has 5 saturated heterocycles. The Balaban J connectivity index is 0.000000215. The van der Waals surface area contributed by atoms with Crippen molar-refractivity contribution in [1.29, 1.82) is 0 Å². The molecule has 5 aromatic carbocycles. The lowest BCUT2D eigenvalue weighted by Crippen LogP contribution is -2.49. The molecule has 131 heavy (non-hydrogen) atoms. The Labute approximate surface area is 790 Å². The van der Waals surface area contributed by atoms with E-state index in [2.05, 4.69) is 114 Å². The number of carboxylic acid groups (broad SMARTS) is 2. The highest BCUT2D eigenvalue weighted by Crippen LogP contribution is 2.60. The van der Waals surface area contributed by atoms with Crippen LogP contribution < -0.4 is 15.7 Å². The number of aryl methyl sites for hydroxylation is 3. The summed E-state index contributed by atoms with van der Waals surface area (Å²) in [4.78, 5) is 107. The van der Waals surface area contributed by atoms with E-state index in [1.807, 2.05) is 115 Å². The summed E-state index contributed by atoms with van der Waals surface area (Å²) in [5, 5.41) is 26.8. The molecule has 20 nitrogen and oxygen atoms in total. The number of halogens is 11. The molecule has 31 heteroatoms. The third-order valence-corrected chi connectivity index (χ3v) is 29.7. The van der Waals surface area contributed by atoms with Crippen LogP contribution in [0.2, 0.25) is 15.1 Å². The van der Waals surface area contributed by atoms with Crippen LogP contribution in [0.1, 0.15) is 294 Å². The Hall–Kier alpha value is -7.95. The maximum Gasteiger partial charge on any atom is 0.430 e. The Morgan fingerprint density at radius 2 is 0.756 bits per heavy atom. The Morgan fingerprint density at radius 1 is 0.458 bits per heavy atom. The zero-order valence-corrected chi connectivity index (χ0v) is 83.8. The normalized spacial score (nSPS) is 21.7. The first kappa shape index (κ1) is 108. The zero-order chi connectivity index (χ0) is 97.8. The summed E-state index contributed by atoms with van der Waals surface area (Å²) in [6.07, 6.45) is 2.16. The fraction of sp³-hybridized carbons (Fsp3) is 0.620. The van der Waals surface area contributed by atoms with Gasteiger partial charge in [0.25, 0.3) is 0 Å². The number of nitrogens with zero attached hydrogens (tertiary/aromatic N) is 6. The van der Waals surface area contributed by atoms with Crippen molar-refractivity contribution >= 4 is 95.0 Å². The van der Waals surface area contributed by atoms with Crippen LogP contribution in [-0.4, -0.2) is 200 Å². The number of aliphatic carboxylic acids is 2. The zero-order valence-electron chi connectivity index (χ0n) is 80.7. The molecule has 0 aromatic heterocycles. The second kappa shape index (κ2) is 40.5. The van der Waals surface area contributed by atoms with Gasteiger partial charge in [0.05, 0.1) is 11.8 Å². The van der Waals surface area contributed by atoms with Crippen LogP contribution in [0.5, 0.6) is 0 Å². The molecule has 5 aromatic rings. The molecule has 13 rings (SSSR count). The van der Waals surface area contributed by atoms with Gasteiger partial charge >= 0.3 is 24.3 Å². The topological polar surface area (TPSA) is 242 Å². The first-order valence-electron chi connectivity index (χ1n) is 45.0. The van der Waals surface area contributed by atoms with E-state index in [0.29, 0.717) is 71.0 Å². The molecule has 5 aliphatic heterocycles. The number of piperidine rings is 3. The van der Waals surface area contributed by atoms with E-state index in [4.69, 9.17) is 54.2 Å². The molecule has 2 unspecified atom stereocenters. The number of benzene rings is 5. The third-order valence-electron chi connectivity index (χ3n) is 28.4. The molecule has 3 N–H and O–H groups in total. The average Bonchev–Trinajstić information content (AvgIpc) is 1.58. The summed E-state index contributed by atoms with van der Waals surface area (Å²) >= 11 is 19.8. The molecule has 3 aliphatic carbocycles. The lowest BCUT2D eigenvalue weighted by atomic mass is 9.71. The molecule has 726 valence electrons. The van der Waals surface area contributed by atoms with E-state index in [1.54, 1.807) is 20.8 Å². The highest BCUT2D eigenvalue weighted by atomic mass is 35.5. The fourth-order valence-corrected chi connectivity index (χ4v) is 21.5. The van der Waals surface area contributed by atoms with Crippen molar-refractivity contribution in [3.8, 4) is 0 Å². The van der Waals surface area contributed by atoms with Gasteiger partial charge in [0.15, 0.2) is 0 Å². The number of carbonyl (C=O) groups excluding carboxylic acids is 7. The molecule has 3 spiro atoms. The van der Waals surface area contributed by atoms with Gasteiger partial charge < -0.3 is 54.7 Å². The Morgan fingerprint density at radius 3 is 1.04 bits per heavy atom. The quantitative estimate of drug-likeness (QED) is 0.110. The van der Waals surface area contributed by atoms with E-state index in [1.165, 1.54) is 57.6 Å². The van der Waals surface area contributed by atoms with Gasteiger partial charge in [-0.1, -0.05) is 65.1 Å². The largest absolute Gasteiger partial charge is 0.542 e. The number of likely N-dealkylation sites (tertiary alicyclic amines) is 5. The van der Waals surface area contributed by atoms with Crippen LogP contribution in [0.15, 0.2) is 72.8 Å². The number of carboxylic acids is 2. The number of nitrogens with one attached hydrogen (secondary N) is 2. The van der Waals surface area contributed by atoms with Gasteiger partial charge in [0, 0.05) is 178 Å². The van der Waals surface area contributed by atoms with Crippen LogP contribution in [0, 0.1) is 55.9 Å². The van der Waals surface area contributed by atoms with E-state index in [9.17, 15) is 69.4 Å². The summed E-state index contributed by atoms with van der Waals surface area (Å²) in [7, 11) is 1.89. The summed E-state index contributed by atoms with van der Waals surface area (Å²) in [6.45, 7) is 52.9. The Kier molecular flexibility index (Phi) is 33.5. The first-order valence-corrected chi connectivity index (χ1v) is 46.1. The fourth-order valence-electron chi connectivity index (χ4n) is 21.0. The van der Waals surface area contributed by atoms with Crippen LogP contribution in [-0.2, 0) is 54.5 Å². The van der Waals surface area contributed by atoms with Crippen molar-refractivity contribution < 1.29 is 88.8 Å². The number of alkyl halides is 3. The molecule has 0 radical (unpaired) electrons. The monoisotopic (exact) mass is 1910 g/mol. The maximum absolute atomic E-state index is 15.0. The molecule has 5 heterocycles.